The monoisotopic (exact) mass is 278 g/mol. The summed E-state index contributed by atoms with van der Waals surface area (Å²) in [5, 5.41) is 6.08. The minimum atomic E-state index is -4.08. The SMILES string of the molecule is O=C(CC1CCNC1)NC1CCC(C(F)(F)F)CC1. The molecule has 1 heterocycles. The lowest BCUT2D eigenvalue weighted by Crippen LogP contribution is -2.40. The highest BCUT2D eigenvalue weighted by molar-refractivity contribution is 5.76. The Morgan fingerprint density at radius 1 is 1.16 bits per heavy atom. The van der Waals surface area contributed by atoms with Gasteiger partial charge in [-0.2, -0.15) is 13.2 Å². The van der Waals surface area contributed by atoms with Crippen LogP contribution in [0.3, 0.4) is 0 Å². The van der Waals surface area contributed by atoms with Gasteiger partial charge in [-0.3, -0.25) is 4.79 Å². The van der Waals surface area contributed by atoms with Crippen LogP contribution >= 0.6 is 0 Å². The van der Waals surface area contributed by atoms with Crippen LogP contribution in [-0.4, -0.2) is 31.2 Å². The first-order valence-corrected chi connectivity index (χ1v) is 7.02. The molecule has 2 N–H and O–H groups in total. The van der Waals surface area contributed by atoms with Gasteiger partial charge in [-0.05, 0) is 51.1 Å². The molecular formula is C13H21F3N2O. The predicted molar refractivity (Wildman–Crippen MR) is 65.5 cm³/mol. The highest BCUT2D eigenvalue weighted by Gasteiger charge is 2.41. The molecule has 2 fully saturated rings. The van der Waals surface area contributed by atoms with Crippen LogP contribution in [0.4, 0.5) is 13.2 Å². The van der Waals surface area contributed by atoms with Crippen molar-refractivity contribution in [2.24, 2.45) is 11.8 Å². The molecule has 1 saturated heterocycles. The molecule has 1 unspecified atom stereocenters. The second-order valence-corrected chi connectivity index (χ2v) is 5.72. The maximum absolute atomic E-state index is 12.5. The number of carbonyl (C=O) groups excluding carboxylic acids is 1. The maximum Gasteiger partial charge on any atom is 0.391 e. The molecule has 2 aliphatic rings. The van der Waals surface area contributed by atoms with E-state index in [2.05, 4.69) is 10.6 Å². The number of amides is 1. The Balaban J connectivity index is 1.68. The Morgan fingerprint density at radius 3 is 2.37 bits per heavy atom. The Kier molecular flexibility index (Phi) is 4.71. The summed E-state index contributed by atoms with van der Waals surface area (Å²) in [5.41, 5.74) is 0. The lowest BCUT2D eigenvalue weighted by molar-refractivity contribution is -0.182. The highest BCUT2D eigenvalue weighted by atomic mass is 19.4. The lowest BCUT2D eigenvalue weighted by Gasteiger charge is -2.30. The van der Waals surface area contributed by atoms with Crippen LogP contribution in [0.15, 0.2) is 0 Å². The van der Waals surface area contributed by atoms with Crippen LogP contribution in [-0.2, 0) is 4.79 Å². The molecular weight excluding hydrogens is 257 g/mol. The largest absolute Gasteiger partial charge is 0.391 e. The van der Waals surface area contributed by atoms with Crippen molar-refractivity contribution in [3.8, 4) is 0 Å². The molecule has 1 saturated carbocycles. The first-order chi connectivity index (χ1) is 8.95. The zero-order valence-corrected chi connectivity index (χ0v) is 10.9. The normalized spacial score (nSPS) is 32.3. The second kappa shape index (κ2) is 6.11. The number of hydrogen-bond donors (Lipinski definition) is 2. The van der Waals surface area contributed by atoms with E-state index in [4.69, 9.17) is 0 Å². The van der Waals surface area contributed by atoms with Crippen LogP contribution in [0, 0.1) is 11.8 Å². The summed E-state index contributed by atoms with van der Waals surface area (Å²) in [7, 11) is 0. The first kappa shape index (κ1) is 14.6. The third-order valence-electron chi connectivity index (χ3n) is 4.19. The molecule has 1 amide bonds. The van der Waals surface area contributed by atoms with Crippen molar-refractivity contribution in [1.82, 2.24) is 10.6 Å². The number of alkyl halides is 3. The quantitative estimate of drug-likeness (QED) is 0.831. The van der Waals surface area contributed by atoms with E-state index in [9.17, 15) is 18.0 Å². The van der Waals surface area contributed by atoms with Crippen molar-refractivity contribution in [1.29, 1.82) is 0 Å². The zero-order chi connectivity index (χ0) is 13.9. The average molecular weight is 278 g/mol. The molecule has 0 radical (unpaired) electrons. The number of hydrogen-bond acceptors (Lipinski definition) is 2. The molecule has 1 aliphatic heterocycles. The number of halogens is 3. The maximum atomic E-state index is 12.5. The fourth-order valence-corrected chi connectivity index (χ4v) is 3.00. The fraction of sp³-hybridized carbons (Fsp3) is 0.923. The topological polar surface area (TPSA) is 41.1 Å². The van der Waals surface area contributed by atoms with Gasteiger partial charge in [0.1, 0.15) is 0 Å². The van der Waals surface area contributed by atoms with Gasteiger partial charge < -0.3 is 10.6 Å². The number of nitrogens with one attached hydrogen (secondary N) is 2. The van der Waals surface area contributed by atoms with Gasteiger partial charge in [0, 0.05) is 12.5 Å². The summed E-state index contributed by atoms with van der Waals surface area (Å²) < 4.78 is 37.5. The average Bonchev–Trinajstić information content (AvgIpc) is 2.81. The summed E-state index contributed by atoms with van der Waals surface area (Å²) in [6, 6.07) is -0.0690. The molecule has 0 spiro atoms. The van der Waals surface area contributed by atoms with Gasteiger partial charge in [0.15, 0.2) is 0 Å². The molecule has 0 aromatic heterocycles. The Labute approximate surface area is 111 Å². The molecule has 6 heteroatoms. The minimum absolute atomic E-state index is 0.0100. The summed E-state index contributed by atoms with van der Waals surface area (Å²) in [6.07, 6.45) is -1.42. The minimum Gasteiger partial charge on any atom is -0.353 e. The van der Waals surface area contributed by atoms with E-state index in [0.29, 0.717) is 25.2 Å². The molecule has 3 nitrogen and oxygen atoms in total. The van der Waals surface area contributed by atoms with E-state index >= 15 is 0 Å². The van der Waals surface area contributed by atoms with Crippen molar-refractivity contribution in [2.45, 2.75) is 50.7 Å². The van der Waals surface area contributed by atoms with Crippen LogP contribution < -0.4 is 10.6 Å². The summed E-state index contributed by atoms with van der Waals surface area (Å²) in [6.45, 7) is 1.82. The molecule has 19 heavy (non-hydrogen) atoms. The van der Waals surface area contributed by atoms with Crippen molar-refractivity contribution >= 4 is 5.91 Å². The predicted octanol–water partition coefficient (Wildman–Crippen LogP) is 2.22. The van der Waals surface area contributed by atoms with E-state index in [1.54, 1.807) is 0 Å². The Morgan fingerprint density at radius 2 is 1.84 bits per heavy atom. The van der Waals surface area contributed by atoms with Gasteiger partial charge in [-0.1, -0.05) is 0 Å². The smallest absolute Gasteiger partial charge is 0.353 e. The van der Waals surface area contributed by atoms with Gasteiger partial charge in [-0.15, -0.1) is 0 Å². The Hall–Kier alpha value is -0.780. The second-order valence-electron chi connectivity index (χ2n) is 5.72. The summed E-state index contributed by atoms with van der Waals surface area (Å²) >= 11 is 0. The van der Waals surface area contributed by atoms with Gasteiger partial charge in [0.2, 0.25) is 5.91 Å². The molecule has 110 valence electrons. The number of rotatable bonds is 3. The van der Waals surface area contributed by atoms with E-state index in [1.807, 2.05) is 0 Å². The van der Waals surface area contributed by atoms with E-state index in [0.717, 1.165) is 19.5 Å². The van der Waals surface area contributed by atoms with Crippen molar-refractivity contribution in [3.05, 3.63) is 0 Å². The van der Waals surface area contributed by atoms with Crippen LogP contribution in [0.5, 0.6) is 0 Å². The third kappa shape index (κ3) is 4.37. The molecule has 2 rings (SSSR count). The van der Waals surface area contributed by atoms with Crippen LogP contribution in [0.1, 0.15) is 38.5 Å². The first-order valence-electron chi connectivity index (χ1n) is 7.02. The summed E-state index contributed by atoms with van der Waals surface area (Å²) in [4.78, 5) is 11.8. The van der Waals surface area contributed by atoms with Crippen LogP contribution in [0.25, 0.3) is 0 Å². The molecule has 0 bridgehead atoms. The standard InChI is InChI=1S/C13H21F3N2O/c14-13(15,16)10-1-3-11(4-2-10)18-12(19)7-9-5-6-17-8-9/h9-11,17H,1-8H2,(H,18,19). The van der Waals surface area contributed by atoms with Gasteiger partial charge in [0.25, 0.3) is 0 Å². The van der Waals surface area contributed by atoms with E-state index in [-0.39, 0.29) is 24.8 Å². The molecule has 1 atom stereocenters. The van der Waals surface area contributed by atoms with E-state index in [1.165, 1.54) is 0 Å². The summed E-state index contributed by atoms with van der Waals surface area (Å²) in [5.74, 6) is -0.810. The third-order valence-corrected chi connectivity index (χ3v) is 4.19. The zero-order valence-electron chi connectivity index (χ0n) is 10.9. The van der Waals surface area contributed by atoms with Crippen LogP contribution in [0.2, 0.25) is 0 Å². The molecule has 0 aromatic carbocycles. The fourth-order valence-electron chi connectivity index (χ4n) is 3.00. The van der Waals surface area contributed by atoms with Gasteiger partial charge in [-0.25, -0.2) is 0 Å². The van der Waals surface area contributed by atoms with Crippen molar-refractivity contribution in [2.75, 3.05) is 13.1 Å². The molecule has 0 aromatic rings. The Bertz CT molecular complexity index is 306. The number of carbonyl (C=O) groups is 1. The van der Waals surface area contributed by atoms with Crippen molar-refractivity contribution < 1.29 is 18.0 Å². The lowest BCUT2D eigenvalue weighted by atomic mass is 9.85. The van der Waals surface area contributed by atoms with Gasteiger partial charge in [0.05, 0.1) is 5.92 Å². The van der Waals surface area contributed by atoms with E-state index < -0.39 is 12.1 Å². The molecule has 1 aliphatic carbocycles. The highest BCUT2D eigenvalue weighted by Crippen LogP contribution is 2.37. The van der Waals surface area contributed by atoms with Gasteiger partial charge >= 0.3 is 6.18 Å². The van der Waals surface area contributed by atoms with Crippen molar-refractivity contribution in [3.63, 3.8) is 0 Å².